The van der Waals surface area contributed by atoms with Gasteiger partial charge in [0.15, 0.2) is 0 Å². The third kappa shape index (κ3) is 2.76. The number of rotatable bonds is 4. The van der Waals surface area contributed by atoms with E-state index >= 15 is 0 Å². The van der Waals surface area contributed by atoms with Crippen LogP contribution in [0.25, 0.3) is 0 Å². The molecule has 96 valence electrons. The standard InChI is InChI=1S/C14H18FN3/c1-10-3-4-11(15)9-12(10)13(16)5-6-14-17-7-8-18(14)2/h3-4,7-9,13H,5-6,16H2,1-2H3. The van der Waals surface area contributed by atoms with Crippen LogP contribution in [-0.2, 0) is 13.5 Å². The summed E-state index contributed by atoms with van der Waals surface area (Å²) in [6.07, 6.45) is 5.23. The van der Waals surface area contributed by atoms with E-state index in [0.29, 0.717) is 0 Å². The van der Waals surface area contributed by atoms with Crippen LogP contribution in [0.5, 0.6) is 0 Å². The molecule has 0 aliphatic carbocycles. The lowest BCUT2D eigenvalue weighted by Gasteiger charge is -2.14. The monoisotopic (exact) mass is 247 g/mol. The number of aryl methyl sites for hydroxylation is 3. The molecule has 4 heteroatoms. The molecule has 1 aromatic heterocycles. The molecule has 0 fully saturated rings. The van der Waals surface area contributed by atoms with Crippen molar-refractivity contribution in [2.24, 2.45) is 12.8 Å². The molecule has 1 heterocycles. The van der Waals surface area contributed by atoms with E-state index in [0.717, 1.165) is 29.8 Å². The van der Waals surface area contributed by atoms with Crippen molar-refractivity contribution in [1.29, 1.82) is 0 Å². The van der Waals surface area contributed by atoms with Gasteiger partial charge in [-0.25, -0.2) is 9.37 Å². The molecule has 2 aromatic rings. The van der Waals surface area contributed by atoms with Crippen LogP contribution < -0.4 is 5.73 Å². The SMILES string of the molecule is Cc1ccc(F)cc1C(N)CCc1nccn1C. The molecule has 2 rings (SSSR count). The van der Waals surface area contributed by atoms with Crippen LogP contribution >= 0.6 is 0 Å². The van der Waals surface area contributed by atoms with Gasteiger partial charge in [-0.1, -0.05) is 6.07 Å². The van der Waals surface area contributed by atoms with Crippen LogP contribution in [0.3, 0.4) is 0 Å². The lowest BCUT2D eigenvalue weighted by atomic mass is 9.98. The number of nitrogens with two attached hydrogens (primary N) is 1. The normalized spacial score (nSPS) is 12.7. The number of hydrogen-bond donors (Lipinski definition) is 1. The summed E-state index contributed by atoms with van der Waals surface area (Å²) in [6, 6.07) is 4.60. The number of benzene rings is 1. The van der Waals surface area contributed by atoms with Crippen molar-refractivity contribution in [2.75, 3.05) is 0 Å². The Morgan fingerprint density at radius 2 is 2.22 bits per heavy atom. The van der Waals surface area contributed by atoms with Crippen LogP contribution in [0, 0.1) is 12.7 Å². The fourth-order valence-electron chi connectivity index (χ4n) is 2.09. The van der Waals surface area contributed by atoms with Crippen molar-refractivity contribution in [3.63, 3.8) is 0 Å². The third-order valence-electron chi connectivity index (χ3n) is 3.24. The second-order valence-corrected chi connectivity index (χ2v) is 4.60. The number of imidazole rings is 1. The smallest absolute Gasteiger partial charge is 0.123 e. The minimum absolute atomic E-state index is 0.155. The van der Waals surface area contributed by atoms with Gasteiger partial charge in [-0.2, -0.15) is 0 Å². The van der Waals surface area contributed by atoms with Gasteiger partial charge in [-0.3, -0.25) is 0 Å². The molecule has 18 heavy (non-hydrogen) atoms. The zero-order valence-electron chi connectivity index (χ0n) is 10.7. The summed E-state index contributed by atoms with van der Waals surface area (Å²) in [6.45, 7) is 1.95. The zero-order chi connectivity index (χ0) is 13.1. The summed E-state index contributed by atoms with van der Waals surface area (Å²) < 4.78 is 15.2. The predicted octanol–water partition coefficient (Wildman–Crippen LogP) is 2.50. The molecular formula is C14H18FN3. The van der Waals surface area contributed by atoms with Crippen molar-refractivity contribution in [3.8, 4) is 0 Å². The molecule has 2 N–H and O–H groups in total. The Morgan fingerprint density at radius 1 is 1.44 bits per heavy atom. The minimum Gasteiger partial charge on any atom is -0.338 e. The predicted molar refractivity (Wildman–Crippen MR) is 69.6 cm³/mol. The number of nitrogens with zero attached hydrogens (tertiary/aromatic N) is 2. The van der Waals surface area contributed by atoms with Crippen molar-refractivity contribution in [2.45, 2.75) is 25.8 Å². The van der Waals surface area contributed by atoms with E-state index in [1.54, 1.807) is 12.3 Å². The molecule has 0 saturated carbocycles. The van der Waals surface area contributed by atoms with E-state index < -0.39 is 0 Å². The highest BCUT2D eigenvalue weighted by Gasteiger charge is 2.11. The van der Waals surface area contributed by atoms with Crippen molar-refractivity contribution in [3.05, 3.63) is 53.4 Å². The maximum Gasteiger partial charge on any atom is 0.123 e. The molecular weight excluding hydrogens is 229 g/mol. The highest BCUT2D eigenvalue weighted by atomic mass is 19.1. The molecule has 1 unspecified atom stereocenters. The maximum absolute atomic E-state index is 13.2. The van der Waals surface area contributed by atoms with Crippen LogP contribution in [0.15, 0.2) is 30.6 Å². The molecule has 0 saturated heterocycles. The lowest BCUT2D eigenvalue weighted by molar-refractivity contribution is 0.596. The van der Waals surface area contributed by atoms with Gasteiger partial charge < -0.3 is 10.3 Å². The van der Waals surface area contributed by atoms with E-state index in [4.69, 9.17) is 5.73 Å². The van der Waals surface area contributed by atoms with Crippen molar-refractivity contribution in [1.82, 2.24) is 9.55 Å². The van der Waals surface area contributed by atoms with E-state index in [1.807, 2.05) is 24.7 Å². The van der Waals surface area contributed by atoms with Gasteiger partial charge in [0.1, 0.15) is 11.6 Å². The summed E-state index contributed by atoms with van der Waals surface area (Å²) >= 11 is 0. The molecule has 0 spiro atoms. The molecule has 1 aromatic carbocycles. The first-order valence-corrected chi connectivity index (χ1v) is 6.05. The topological polar surface area (TPSA) is 43.8 Å². The Labute approximate surface area is 106 Å². The Balaban J connectivity index is 2.06. The van der Waals surface area contributed by atoms with Gasteiger partial charge in [0.25, 0.3) is 0 Å². The summed E-state index contributed by atoms with van der Waals surface area (Å²) in [5.74, 6) is 0.766. The van der Waals surface area contributed by atoms with Gasteiger partial charge in [0.2, 0.25) is 0 Å². The first-order valence-electron chi connectivity index (χ1n) is 6.05. The van der Waals surface area contributed by atoms with Crippen LogP contribution in [0.1, 0.15) is 29.4 Å². The van der Waals surface area contributed by atoms with Gasteiger partial charge >= 0.3 is 0 Å². The zero-order valence-corrected chi connectivity index (χ0v) is 10.7. The third-order valence-corrected chi connectivity index (χ3v) is 3.24. The first-order chi connectivity index (χ1) is 8.58. The van der Waals surface area contributed by atoms with Crippen molar-refractivity contribution >= 4 is 0 Å². The fourth-order valence-corrected chi connectivity index (χ4v) is 2.09. The van der Waals surface area contributed by atoms with E-state index in [9.17, 15) is 4.39 Å². The van der Waals surface area contributed by atoms with Gasteiger partial charge in [0.05, 0.1) is 0 Å². The van der Waals surface area contributed by atoms with E-state index in [-0.39, 0.29) is 11.9 Å². The van der Waals surface area contributed by atoms with Gasteiger partial charge in [-0.15, -0.1) is 0 Å². The van der Waals surface area contributed by atoms with Crippen LogP contribution in [0.4, 0.5) is 4.39 Å². The molecule has 3 nitrogen and oxygen atoms in total. The van der Waals surface area contributed by atoms with Gasteiger partial charge in [-0.05, 0) is 36.6 Å². The molecule has 0 aliphatic heterocycles. The highest BCUT2D eigenvalue weighted by Crippen LogP contribution is 2.21. The fraction of sp³-hybridized carbons (Fsp3) is 0.357. The number of aromatic nitrogens is 2. The minimum atomic E-state index is -0.233. The number of halogens is 1. The summed E-state index contributed by atoms with van der Waals surface area (Å²) in [7, 11) is 1.96. The Morgan fingerprint density at radius 3 is 2.89 bits per heavy atom. The lowest BCUT2D eigenvalue weighted by Crippen LogP contribution is -2.14. The van der Waals surface area contributed by atoms with E-state index in [1.165, 1.54) is 12.1 Å². The quantitative estimate of drug-likeness (QED) is 0.902. The Kier molecular flexibility index (Phi) is 3.77. The Bertz CT molecular complexity index is 534. The van der Waals surface area contributed by atoms with E-state index in [2.05, 4.69) is 4.98 Å². The second-order valence-electron chi connectivity index (χ2n) is 4.60. The van der Waals surface area contributed by atoms with Crippen LogP contribution in [-0.4, -0.2) is 9.55 Å². The highest BCUT2D eigenvalue weighted by molar-refractivity contribution is 5.29. The summed E-state index contributed by atoms with van der Waals surface area (Å²) in [4.78, 5) is 4.25. The van der Waals surface area contributed by atoms with Gasteiger partial charge in [0, 0.05) is 31.9 Å². The Hall–Kier alpha value is -1.68. The summed E-state index contributed by atoms with van der Waals surface area (Å²) in [5, 5.41) is 0. The molecule has 0 bridgehead atoms. The first kappa shape index (κ1) is 12.8. The van der Waals surface area contributed by atoms with Crippen molar-refractivity contribution < 1.29 is 4.39 Å². The molecule has 0 aliphatic rings. The van der Waals surface area contributed by atoms with Crippen LogP contribution in [0.2, 0.25) is 0 Å². The molecule has 1 atom stereocenters. The maximum atomic E-state index is 13.2. The summed E-state index contributed by atoms with van der Waals surface area (Å²) in [5.41, 5.74) is 8.04. The average Bonchev–Trinajstić information content (AvgIpc) is 2.75. The molecule has 0 amide bonds. The average molecular weight is 247 g/mol. The largest absolute Gasteiger partial charge is 0.338 e. The molecule has 0 radical (unpaired) electrons. The number of hydrogen-bond acceptors (Lipinski definition) is 2. The second kappa shape index (κ2) is 5.31.